The van der Waals surface area contributed by atoms with Crippen LogP contribution in [0, 0.1) is 28.6 Å². The Balaban J connectivity index is 1.42. The van der Waals surface area contributed by atoms with Gasteiger partial charge in [-0.05, 0) is 55.4 Å². The van der Waals surface area contributed by atoms with Gasteiger partial charge < -0.3 is 18.9 Å². The maximum absolute atomic E-state index is 13.8. The molecule has 0 radical (unpaired) electrons. The Morgan fingerprint density at radius 3 is 2.62 bits per heavy atom. The highest BCUT2D eigenvalue weighted by molar-refractivity contribution is 5.93. The van der Waals surface area contributed by atoms with E-state index < -0.39 is 11.4 Å². The molecule has 0 N–H and O–H groups in total. The fraction of sp³-hybridized carbons (Fsp3) is 0.826. The summed E-state index contributed by atoms with van der Waals surface area (Å²) in [5.74, 6) is 0.416. The van der Waals surface area contributed by atoms with E-state index in [1.54, 1.807) is 0 Å². The second-order valence-electron chi connectivity index (χ2n) is 10.5. The van der Waals surface area contributed by atoms with Crippen molar-refractivity contribution in [2.24, 2.45) is 28.6 Å². The first kappa shape index (κ1) is 18.7. The van der Waals surface area contributed by atoms with Crippen LogP contribution >= 0.6 is 0 Å². The molecule has 2 aliphatic heterocycles. The van der Waals surface area contributed by atoms with Crippen LogP contribution in [0.25, 0.3) is 0 Å². The van der Waals surface area contributed by atoms with Gasteiger partial charge in [0.2, 0.25) is 5.79 Å². The minimum Gasteiger partial charge on any atom is -0.350 e. The van der Waals surface area contributed by atoms with E-state index >= 15 is 0 Å². The molecule has 4 aliphatic carbocycles. The zero-order chi connectivity index (χ0) is 20.1. The van der Waals surface area contributed by atoms with Gasteiger partial charge in [-0.2, -0.15) is 0 Å². The standard InChI is InChI=1S/C23H30O6/c1-20-7-5-15(24)9-14(20)3-4-16-17-6-8-22(21(17,2)10-18(25)19(16)20)23(29-13-27-22)11-26-12-28-23/h9,16-17,19H,3-8,10-13H2,1-2H3/t16-,17+,19+,20-,21+,22+,23-/m0/s1. The lowest BCUT2D eigenvalue weighted by molar-refractivity contribution is -0.246. The van der Waals surface area contributed by atoms with Crippen molar-refractivity contribution in [2.45, 2.75) is 70.2 Å². The monoisotopic (exact) mass is 402 g/mol. The number of rotatable bonds is 0. The van der Waals surface area contributed by atoms with Crippen LogP contribution in [0.2, 0.25) is 0 Å². The van der Waals surface area contributed by atoms with E-state index in [9.17, 15) is 9.59 Å². The molecule has 6 nitrogen and oxygen atoms in total. The lowest BCUT2D eigenvalue weighted by atomic mass is 9.45. The Bertz CT molecular complexity index is 807. The molecule has 2 spiro atoms. The summed E-state index contributed by atoms with van der Waals surface area (Å²) in [7, 11) is 0. The maximum atomic E-state index is 13.8. The smallest absolute Gasteiger partial charge is 0.226 e. The second kappa shape index (κ2) is 5.78. The Kier molecular flexibility index (Phi) is 3.72. The molecule has 6 rings (SSSR count). The molecule has 0 unspecified atom stereocenters. The average molecular weight is 402 g/mol. The molecule has 0 bridgehead atoms. The van der Waals surface area contributed by atoms with Crippen LogP contribution in [0.1, 0.15) is 58.8 Å². The van der Waals surface area contributed by atoms with E-state index in [0.29, 0.717) is 37.1 Å². The zero-order valence-electron chi connectivity index (χ0n) is 17.3. The number of ether oxygens (including phenoxy) is 4. The Morgan fingerprint density at radius 2 is 1.83 bits per heavy atom. The average Bonchev–Trinajstić information content (AvgIpc) is 3.37. The van der Waals surface area contributed by atoms with Crippen LogP contribution in [0.3, 0.4) is 0 Å². The lowest BCUT2D eigenvalue weighted by Gasteiger charge is -2.59. The normalized spacial score (nSPS) is 53.9. The van der Waals surface area contributed by atoms with Gasteiger partial charge in [0.1, 0.15) is 18.0 Å². The number of fused-ring (bicyclic) bond motifs is 7. The number of carbonyl (C=O) groups is 2. The van der Waals surface area contributed by atoms with Gasteiger partial charge in [0.05, 0.1) is 0 Å². The molecule has 2 heterocycles. The molecule has 2 saturated heterocycles. The van der Waals surface area contributed by atoms with Crippen molar-refractivity contribution < 1.29 is 28.5 Å². The molecular weight excluding hydrogens is 372 g/mol. The first-order valence-electron chi connectivity index (χ1n) is 11.1. The van der Waals surface area contributed by atoms with Crippen LogP contribution in [-0.2, 0) is 28.5 Å². The molecule has 0 aromatic rings. The van der Waals surface area contributed by atoms with Gasteiger partial charge in [-0.1, -0.05) is 19.4 Å². The third-order valence-electron chi connectivity index (χ3n) is 9.65. The highest BCUT2D eigenvalue weighted by Crippen LogP contribution is 2.70. The molecule has 7 atom stereocenters. The van der Waals surface area contributed by atoms with E-state index in [0.717, 1.165) is 32.1 Å². The van der Waals surface area contributed by atoms with E-state index in [1.165, 1.54) is 5.57 Å². The summed E-state index contributed by atoms with van der Waals surface area (Å²) in [5.41, 5.74) is 0.103. The fourth-order valence-electron chi connectivity index (χ4n) is 8.36. The third kappa shape index (κ3) is 2.07. The number of hydrogen-bond donors (Lipinski definition) is 0. The van der Waals surface area contributed by atoms with Crippen molar-refractivity contribution >= 4 is 11.6 Å². The molecule has 0 amide bonds. The number of ketones is 2. The Hall–Kier alpha value is -1.08. The molecule has 158 valence electrons. The van der Waals surface area contributed by atoms with Crippen LogP contribution in [0.4, 0.5) is 0 Å². The Morgan fingerprint density at radius 1 is 1.00 bits per heavy atom. The summed E-state index contributed by atoms with van der Waals surface area (Å²) in [6.07, 6.45) is 7.48. The molecule has 0 aromatic carbocycles. The predicted octanol–water partition coefficient (Wildman–Crippen LogP) is 3.14. The minimum atomic E-state index is -0.884. The number of allylic oxidation sites excluding steroid dienone is 1. The zero-order valence-corrected chi connectivity index (χ0v) is 17.3. The van der Waals surface area contributed by atoms with Gasteiger partial charge in [-0.25, -0.2) is 0 Å². The van der Waals surface area contributed by atoms with Crippen molar-refractivity contribution in [1.29, 1.82) is 0 Å². The molecule has 3 saturated carbocycles. The van der Waals surface area contributed by atoms with Crippen LogP contribution in [0.15, 0.2) is 11.6 Å². The lowest BCUT2D eigenvalue weighted by Crippen LogP contribution is -2.65. The molecule has 6 heteroatoms. The van der Waals surface area contributed by atoms with Gasteiger partial charge in [-0.15, -0.1) is 0 Å². The van der Waals surface area contributed by atoms with Gasteiger partial charge in [0.15, 0.2) is 19.4 Å². The molecule has 5 fully saturated rings. The SMILES string of the molecule is C[C@]12CCC(=O)C=C1CC[C@H]1[C@H]3CC[C@@]4(OCO[C@@]45COCO5)[C@]3(C)CC(=O)[C@@H]12. The highest BCUT2D eigenvalue weighted by atomic mass is 16.9. The molecular formula is C23H30O6. The topological polar surface area (TPSA) is 71.1 Å². The van der Waals surface area contributed by atoms with Crippen molar-refractivity contribution in [2.75, 3.05) is 20.2 Å². The molecule has 6 aliphatic rings. The summed E-state index contributed by atoms with van der Waals surface area (Å²) in [5, 5.41) is 0. The van der Waals surface area contributed by atoms with E-state index in [1.807, 2.05) is 6.08 Å². The van der Waals surface area contributed by atoms with Crippen molar-refractivity contribution in [3.05, 3.63) is 11.6 Å². The molecule has 0 aromatic heterocycles. The van der Waals surface area contributed by atoms with Gasteiger partial charge in [-0.3, -0.25) is 9.59 Å². The van der Waals surface area contributed by atoms with Crippen molar-refractivity contribution in [1.82, 2.24) is 0 Å². The predicted molar refractivity (Wildman–Crippen MR) is 102 cm³/mol. The van der Waals surface area contributed by atoms with Crippen LogP contribution in [-0.4, -0.2) is 43.1 Å². The van der Waals surface area contributed by atoms with E-state index in [2.05, 4.69) is 13.8 Å². The minimum absolute atomic E-state index is 0.0165. The maximum Gasteiger partial charge on any atom is 0.226 e. The molecule has 29 heavy (non-hydrogen) atoms. The van der Waals surface area contributed by atoms with Gasteiger partial charge >= 0.3 is 0 Å². The van der Waals surface area contributed by atoms with Gasteiger partial charge in [0, 0.05) is 24.2 Å². The highest BCUT2D eigenvalue weighted by Gasteiger charge is 2.76. The summed E-state index contributed by atoms with van der Waals surface area (Å²) in [4.78, 5) is 25.8. The summed E-state index contributed by atoms with van der Waals surface area (Å²) in [6, 6.07) is 0. The van der Waals surface area contributed by atoms with E-state index in [-0.39, 0.29) is 36.1 Å². The summed E-state index contributed by atoms with van der Waals surface area (Å²) in [6.45, 7) is 5.24. The Labute approximate surface area is 171 Å². The first-order chi connectivity index (χ1) is 13.9. The second-order valence-corrected chi connectivity index (χ2v) is 10.5. The quantitative estimate of drug-likeness (QED) is 0.620. The largest absolute Gasteiger partial charge is 0.350 e. The first-order valence-corrected chi connectivity index (χ1v) is 11.1. The van der Waals surface area contributed by atoms with Crippen molar-refractivity contribution in [3.8, 4) is 0 Å². The number of Topliss-reactive ketones (excluding diaryl/α,β-unsaturated/α-hetero) is 1. The van der Waals surface area contributed by atoms with E-state index in [4.69, 9.17) is 18.9 Å². The third-order valence-corrected chi connectivity index (χ3v) is 9.65. The number of hydrogen-bond acceptors (Lipinski definition) is 6. The summed E-state index contributed by atoms with van der Waals surface area (Å²) < 4.78 is 24.0. The fourth-order valence-corrected chi connectivity index (χ4v) is 8.36. The van der Waals surface area contributed by atoms with Gasteiger partial charge in [0.25, 0.3) is 0 Å². The number of carbonyl (C=O) groups excluding carboxylic acids is 2. The van der Waals surface area contributed by atoms with Crippen LogP contribution in [0.5, 0.6) is 0 Å². The summed E-state index contributed by atoms with van der Waals surface area (Å²) >= 11 is 0. The van der Waals surface area contributed by atoms with Crippen molar-refractivity contribution in [3.63, 3.8) is 0 Å². The van der Waals surface area contributed by atoms with Crippen LogP contribution < -0.4 is 0 Å².